The predicted molar refractivity (Wildman–Crippen MR) is 99.1 cm³/mol. The Kier molecular flexibility index (Phi) is 6.95. The second-order valence-electron chi connectivity index (χ2n) is 7.03. The second kappa shape index (κ2) is 9.18. The van der Waals surface area contributed by atoms with Gasteiger partial charge in [0.1, 0.15) is 6.04 Å². The van der Waals surface area contributed by atoms with Gasteiger partial charge in [-0.15, -0.1) is 0 Å². The SMILES string of the molecule is CC(C)C[C@H](CC(=O)NO)C(=O)N[C@@H](Cc1c[nH]c2ccccc12)C(=O)O. The zero-order valence-electron chi connectivity index (χ0n) is 15.4. The lowest BCUT2D eigenvalue weighted by atomic mass is 9.92. The lowest BCUT2D eigenvalue weighted by Gasteiger charge is -2.21. The molecule has 146 valence electrons. The van der Waals surface area contributed by atoms with E-state index < -0.39 is 29.7 Å². The van der Waals surface area contributed by atoms with E-state index in [9.17, 15) is 19.5 Å². The zero-order valence-corrected chi connectivity index (χ0v) is 15.4. The smallest absolute Gasteiger partial charge is 0.326 e. The number of carbonyl (C=O) groups is 3. The van der Waals surface area contributed by atoms with Gasteiger partial charge in [-0.2, -0.15) is 0 Å². The van der Waals surface area contributed by atoms with E-state index >= 15 is 0 Å². The van der Waals surface area contributed by atoms with Gasteiger partial charge in [0.15, 0.2) is 0 Å². The Morgan fingerprint density at radius 3 is 2.52 bits per heavy atom. The van der Waals surface area contributed by atoms with Gasteiger partial charge in [-0.3, -0.25) is 14.8 Å². The minimum absolute atomic E-state index is 0.117. The van der Waals surface area contributed by atoms with Gasteiger partial charge in [0.05, 0.1) is 0 Å². The highest BCUT2D eigenvalue weighted by Gasteiger charge is 2.28. The number of benzene rings is 1. The van der Waals surface area contributed by atoms with Crippen LogP contribution in [0.2, 0.25) is 0 Å². The normalized spacial score (nSPS) is 13.3. The van der Waals surface area contributed by atoms with Gasteiger partial charge < -0.3 is 15.4 Å². The molecule has 2 aromatic rings. The fraction of sp³-hybridized carbons (Fsp3) is 0.421. The number of hydroxylamine groups is 1. The van der Waals surface area contributed by atoms with Crippen molar-refractivity contribution in [3.63, 3.8) is 0 Å². The number of hydrogen-bond donors (Lipinski definition) is 5. The van der Waals surface area contributed by atoms with Gasteiger partial charge in [-0.1, -0.05) is 32.0 Å². The summed E-state index contributed by atoms with van der Waals surface area (Å²) < 4.78 is 0. The molecule has 1 aromatic carbocycles. The molecular formula is C19H25N3O5. The Balaban J connectivity index is 2.14. The first-order chi connectivity index (χ1) is 12.8. The number of nitrogens with one attached hydrogen (secondary N) is 3. The molecule has 8 heteroatoms. The summed E-state index contributed by atoms with van der Waals surface area (Å²) in [4.78, 5) is 38.8. The van der Waals surface area contributed by atoms with Gasteiger partial charge in [0.2, 0.25) is 11.8 Å². The number of carbonyl (C=O) groups excluding carboxylic acids is 2. The molecule has 0 bridgehead atoms. The number of aliphatic carboxylic acids is 1. The number of aromatic nitrogens is 1. The summed E-state index contributed by atoms with van der Waals surface area (Å²) in [6.45, 7) is 3.80. The monoisotopic (exact) mass is 375 g/mol. The van der Waals surface area contributed by atoms with Crippen LogP contribution in [-0.2, 0) is 20.8 Å². The van der Waals surface area contributed by atoms with Gasteiger partial charge >= 0.3 is 5.97 Å². The molecule has 0 spiro atoms. The van der Waals surface area contributed by atoms with E-state index in [4.69, 9.17) is 5.21 Å². The van der Waals surface area contributed by atoms with Gasteiger partial charge in [0.25, 0.3) is 0 Å². The maximum atomic E-state index is 12.6. The first kappa shape index (κ1) is 20.4. The molecule has 0 aliphatic heterocycles. The van der Waals surface area contributed by atoms with Crippen LogP contribution in [0.3, 0.4) is 0 Å². The number of carboxylic acids is 1. The zero-order chi connectivity index (χ0) is 20.0. The minimum Gasteiger partial charge on any atom is -0.480 e. The molecule has 5 N–H and O–H groups in total. The van der Waals surface area contributed by atoms with Crippen molar-refractivity contribution in [1.82, 2.24) is 15.8 Å². The summed E-state index contributed by atoms with van der Waals surface area (Å²) in [6.07, 6.45) is 2.04. The van der Waals surface area contributed by atoms with Crippen LogP contribution in [0.15, 0.2) is 30.5 Å². The topological polar surface area (TPSA) is 132 Å². The molecular weight excluding hydrogens is 350 g/mol. The lowest BCUT2D eigenvalue weighted by Crippen LogP contribution is -2.46. The minimum atomic E-state index is -1.15. The number of H-pyrrole nitrogens is 1. The van der Waals surface area contributed by atoms with Crippen molar-refractivity contribution in [2.24, 2.45) is 11.8 Å². The summed E-state index contributed by atoms with van der Waals surface area (Å²) >= 11 is 0. The molecule has 27 heavy (non-hydrogen) atoms. The van der Waals surface area contributed by atoms with Crippen LogP contribution in [0.1, 0.15) is 32.3 Å². The number of aromatic amines is 1. The van der Waals surface area contributed by atoms with Crippen LogP contribution in [0.25, 0.3) is 10.9 Å². The van der Waals surface area contributed by atoms with Crippen LogP contribution in [-0.4, -0.2) is 39.1 Å². The number of carboxylic acid groups (broad SMARTS) is 1. The fourth-order valence-electron chi connectivity index (χ4n) is 3.13. The summed E-state index contributed by atoms with van der Waals surface area (Å²) in [5.74, 6) is -2.94. The number of rotatable bonds is 9. The van der Waals surface area contributed by atoms with Crippen molar-refractivity contribution in [3.05, 3.63) is 36.0 Å². The van der Waals surface area contributed by atoms with E-state index in [0.717, 1.165) is 16.5 Å². The Labute approximate surface area is 156 Å². The molecule has 0 radical (unpaired) electrons. The Morgan fingerprint density at radius 2 is 1.89 bits per heavy atom. The Hall–Kier alpha value is -2.87. The van der Waals surface area contributed by atoms with E-state index in [2.05, 4.69) is 10.3 Å². The van der Waals surface area contributed by atoms with Crippen LogP contribution < -0.4 is 10.8 Å². The molecule has 0 fully saturated rings. The fourth-order valence-corrected chi connectivity index (χ4v) is 3.13. The van der Waals surface area contributed by atoms with Crippen LogP contribution in [0.5, 0.6) is 0 Å². The number of para-hydroxylation sites is 1. The molecule has 1 aromatic heterocycles. The van der Waals surface area contributed by atoms with Crippen molar-refractivity contribution in [2.45, 2.75) is 39.2 Å². The number of fused-ring (bicyclic) bond motifs is 1. The summed E-state index contributed by atoms with van der Waals surface area (Å²) in [7, 11) is 0. The standard InChI is InChI=1S/C19H25N3O5/c1-11(2)7-12(9-17(23)22-27)18(24)21-16(19(25)26)8-13-10-20-15-6-4-3-5-14(13)15/h3-6,10-12,16,20,27H,7-9H2,1-2H3,(H,21,24)(H,22,23)(H,25,26)/t12-,16+/m1/s1. The van der Waals surface area contributed by atoms with Crippen LogP contribution in [0.4, 0.5) is 0 Å². The van der Waals surface area contributed by atoms with Gasteiger partial charge in [-0.25, -0.2) is 10.3 Å². The molecule has 0 aliphatic rings. The van der Waals surface area contributed by atoms with E-state index in [1.54, 1.807) is 6.20 Å². The second-order valence-corrected chi connectivity index (χ2v) is 7.03. The molecule has 0 saturated carbocycles. The van der Waals surface area contributed by atoms with E-state index in [0.29, 0.717) is 6.42 Å². The van der Waals surface area contributed by atoms with E-state index in [-0.39, 0.29) is 18.8 Å². The third-order valence-corrected chi connectivity index (χ3v) is 4.40. The average Bonchev–Trinajstić information content (AvgIpc) is 3.03. The van der Waals surface area contributed by atoms with E-state index in [1.807, 2.05) is 38.1 Å². The quantitative estimate of drug-likeness (QED) is 0.337. The predicted octanol–water partition coefficient (Wildman–Crippen LogP) is 1.84. The third kappa shape index (κ3) is 5.55. The summed E-state index contributed by atoms with van der Waals surface area (Å²) in [5.41, 5.74) is 3.19. The molecule has 0 aliphatic carbocycles. The van der Waals surface area contributed by atoms with Crippen molar-refractivity contribution < 1.29 is 24.7 Å². The first-order valence-corrected chi connectivity index (χ1v) is 8.83. The molecule has 2 amide bonds. The van der Waals surface area contributed by atoms with Crippen molar-refractivity contribution >= 4 is 28.7 Å². The van der Waals surface area contributed by atoms with Crippen molar-refractivity contribution in [3.8, 4) is 0 Å². The molecule has 2 rings (SSSR count). The third-order valence-electron chi connectivity index (χ3n) is 4.40. The Bertz CT molecular complexity index is 815. The maximum Gasteiger partial charge on any atom is 0.326 e. The molecule has 1 heterocycles. The maximum absolute atomic E-state index is 12.6. The first-order valence-electron chi connectivity index (χ1n) is 8.83. The summed E-state index contributed by atoms with van der Waals surface area (Å²) in [6, 6.07) is 6.39. The number of amides is 2. The summed E-state index contributed by atoms with van der Waals surface area (Å²) in [5, 5.41) is 21.7. The Morgan fingerprint density at radius 1 is 1.19 bits per heavy atom. The number of hydrogen-bond acceptors (Lipinski definition) is 4. The van der Waals surface area contributed by atoms with Crippen LogP contribution in [0, 0.1) is 11.8 Å². The highest BCUT2D eigenvalue weighted by atomic mass is 16.5. The molecule has 0 saturated heterocycles. The highest BCUT2D eigenvalue weighted by molar-refractivity contribution is 5.89. The van der Waals surface area contributed by atoms with Crippen molar-refractivity contribution in [2.75, 3.05) is 0 Å². The average molecular weight is 375 g/mol. The molecule has 8 nitrogen and oxygen atoms in total. The van der Waals surface area contributed by atoms with Crippen LogP contribution >= 0.6 is 0 Å². The van der Waals surface area contributed by atoms with Crippen molar-refractivity contribution in [1.29, 1.82) is 0 Å². The van der Waals surface area contributed by atoms with Gasteiger partial charge in [0, 0.05) is 35.9 Å². The lowest BCUT2D eigenvalue weighted by molar-refractivity contribution is -0.143. The molecule has 0 unspecified atom stereocenters. The highest BCUT2D eigenvalue weighted by Crippen LogP contribution is 2.20. The van der Waals surface area contributed by atoms with E-state index in [1.165, 1.54) is 5.48 Å². The largest absolute Gasteiger partial charge is 0.480 e. The van der Waals surface area contributed by atoms with Gasteiger partial charge in [-0.05, 0) is 24.0 Å². The molecule has 2 atom stereocenters.